The number of likely N-dealkylation sites (tertiary alicyclic amines) is 1. The lowest BCUT2D eigenvalue weighted by Crippen LogP contribution is -2.44. The van der Waals surface area contributed by atoms with Gasteiger partial charge in [0, 0.05) is 49.6 Å². The van der Waals surface area contributed by atoms with Gasteiger partial charge in [0.05, 0.1) is 16.9 Å². The third kappa shape index (κ3) is 5.75. The molecule has 1 aliphatic heterocycles. The van der Waals surface area contributed by atoms with E-state index < -0.39 is 12.2 Å². The van der Waals surface area contributed by atoms with E-state index in [-0.39, 0.29) is 17.6 Å². The van der Waals surface area contributed by atoms with E-state index in [1.54, 1.807) is 30.1 Å². The van der Waals surface area contributed by atoms with Crippen LogP contribution >= 0.6 is 0 Å². The molecule has 1 amide bonds. The Bertz CT molecular complexity index is 1010. The Morgan fingerprint density at radius 2 is 2.06 bits per heavy atom. The molecule has 0 unspecified atom stereocenters. The average molecular weight is 477 g/mol. The van der Waals surface area contributed by atoms with Crippen LogP contribution in [0.25, 0.3) is 0 Å². The number of hydrogen-bond acceptors (Lipinski definition) is 5. The molecule has 2 N–H and O–H groups in total. The number of ether oxygens (including phenoxy) is 1. The number of nitrogens with one attached hydrogen (secondary N) is 1. The summed E-state index contributed by atoms with van der Waals surface area (Å²) in [5.41, 5.74) is 1.52. The van der Waals surface area contributed by atoms with Crippen LogP contribution in [0.1, 0.15) is 73.5 Å². The Hall–Kier alpha value is -2.52. The number of alkyl halides is 2. The molecule has 186 valence electrons. The van der Waals surface area contributed by atoms with Crippen LogP contribution in [0.2, 0.25) is 0 Å². The van der Waals surface area contributed by atoms with E-state index in [0.717, 1.165) is 44.3 Å². The van der Waals surface area contributed by atoms with Crippen molar-refractivity contribution in [1.82, 2.24) is 14.7 Å². The van der Waals surface area contributed by atoms with E-state index >= 15 is 0 Å². The molecule has 1 aromatic carbocycles. The zero-order valence-corrected chi connectivity index (χ0v) is 20.1. The van der Waals surface area contributed by atoms with Gasteiger partial charge in [-0.15, -0.1) is 0 Å². The number of carbonyl (C=O) groups excluding carboxylic acids is 1. The highest BCUT2D eigenvalue weighted by atomic mass is 19.3. The number of amides is 1. The van der Waals surface area contributed by atoms with Crippen molar-refractivity contribution < 1.29 is 23.4 Å². The minimum Gasteiger partial charge on any atom is -0.434 e. The first kappa shape index (κ1) is 24.6. The fraction of sp³-hybridized carbons (Fsp3) is 0.600. The molecule has 2 aliphatic rings. The minimum absolute atomic E-state index is 0.0450. The number of nitrogens with zero attached hydrogens (tertiary/aromatic N) is 3. The van der Waals surface area contributed by atoms with E-state index in [2.05, 4.69) is 15.3 Å². The Morgan fingerprint density at radius 1 is 1.29 bits per heavy atom. The van der Waals surface area contributed by atoms with Gasteiger partial charge in [0.2, 0.25) is 0 Å². The minimum atomic E-state index is -2.97. The summed E-state index contributed by atoms with van der Waals surface area (Å²) >= 11 is 0. The van der Waals surface area contributed by atoms with Gasteiger partial charge in [0.25, 0.3) is 5.91 Å². The van der Waals surface area contributed by atoms with Crippen LogP contribution in [-0.2, 0) is 13.6 Å². The highest BCUT2D eigenvalue weighted by Gasteiger charge is 2.32. The summed E-state index contributed by atoms with van der Waals surface area (Å²) in [6.45, 7) is 2.58. The van der Waals surface area contributed by atoms with Crippen molar-refractivity contribution in [3.05, 3.63) is 41.2 Å². The van der Waals surface area contributed by atoms with Gasteiger partial charge in [-0.1, -0.05) is 12.5 Å². The van der Waals surface area contributed by atoms with Gasteiger partial charge in [-0.2, -0.15) is 13.9 Å². The number of rotatable bonds is 8. The van der Waals surface area contributed by atoms with Gasteiger partial charge >= 0.3 is 6.61 Å². The number of aliphatic hydroxyl groups is 1. The number of carbonyl (C=O) groups is 1. The van der Waals surface area contributed by atoms with E-state index in [0.29, 0.717) is 35.8 Å². The summed E-state index contributed by atoms with van der Waals surface area (Å²) in [6.07, 6.45) is 6.73. The van der Waals surface area contributed by atoms with Crippen LogP contribution in [0.15, 0.2) is 24.4 Å². The molecule has 2 fully saturated rings. The molecule has 4 rings (SSSR count). The number of halogens is 2. The topological polar surface area (TPSA) is 79.6 Å². The molecule has 0 radical (unpaired) electrons. The third-order valence-electron chi connectivity index (χ3n) is 7.03. The molecule has 2 heterocycles. The summed E-state index contributed by atoms with van der Waals surface area (Å²) < 4.78 is 32.8. The maximum absolute atomic E-state index is 13.2. The van der Waals surface area contributed by atoms with Crippen LogP contribution in [0.5, 0.6) is 5.75 Å². The van der Waals surface area contributed by atoms with Crippen LogP contribution in [0.4, 0.5) is 14.5 Å². The quantitative estimate of drug-likeness (QED) is 0.586. The van der Waals surface area contributed by atoms with E-state index in [1.807, 2.05) is 13.8 Å². The summed E-state index contributed by atoms with van der Waals surface area (Å²) in [5, 5.41) is 17.7. The molecule has 1 saturated carbocycles. The first-order valence-electron chi connectivity index (χ1n) is 12.0. The second kappa shape index (κ2) is 10.00. The molecule has 1 aliphatic carbocycles. The SMILES string of the molecule is Cn1cc(C(=O)Nc2ccc(CN3CCC[C@H](C(C)(C)O)C3)c(OC(F)F)c2)c(C2CCC2)n1. The van der Waals surface area contributed by atoms with Crippen molar-refractivity contribution in [1.29, 1.82) is 0 Å². The zero-order valence-electron chi connectivity index (χ0n) is 20.1. The normalized spacial score (nSPS) is 19.8. The Balaban J connectivity index is 1.50. The number of hydrogen-bond donors (Lipinski definition) is 2. The number of benzene rings is 1. The smallest absolute Gasteiger partial charge is 0.387 e. The molecule has 1 atom stereocenters. The Morgan fingerprint density at radius 3 is 2.71 bits per heavy atom. The number of piperidine rings is 1. The predicted molar refractivity (Wildman–Crippen MR) is 125 cm³/mol. The highest BCUT2D eigenvalue weighted by Crippen LogP contribution is 2.37. The van der Waals surface area contributed by atoms with Crippen LogP contribution < -0.4 is 10.1 Å². The van der Waals surface area contributed by atoms with Gasteiger partial charge in [0.15, 0.2) is 0 Å². The number of aromatic nitrogens is 2. The molecule has 34 heavy (non-hydrogen) atoms. The molecule has 9 heteroatoms. The monoisotopic (exact) mass is 476 g/mol. The van der Waals surface area contributed by atoms with Crippen molar-refractivity contribution >= 4 is 11.6 Å². The van der Waals surface area contributed by atoms with Gasteiger partial charge in [0.1, 0.15) is 5.75 Å². The van der Waals surface area contributed by atoms with Crippen LogP contribution in [0, 0.1) is 5.92 Å². The second-order valence-electron chi connectivity index (χ2n) is 10.1. The molecule has 1 saturated heterocycles. The van der Waals surface area contributed by atoms with Crippen molar-refractivity contribution in [2.24, 2.45) is 13.0 Å². The number of aryl methyl sites for hydroxylation is 1. The molecular weight excluding hydrogens is 442 g/mol. The number of anilines is 1. The van der Waals surface area contributed by atoms with Gasteiger partial charge in [-0.3, -0.25) is 14.4 Å². The summed E-state index contributed by atoms with van der Waals surface area (Å²) in [5.74, 6) is 0.140. The lowest BCUT2D eigenvalue weighted by atomic mass is 9.81. The zero-order chi connectivity index (χ0) is 24.5. The van der Waals surface area contributed by atoms with Gasteiger partial charge in [-0.25, -0.2) is 0 Å². The van der Waals surface area contributed by atoms with Crippen molar-refractivity contribution in [2.45, 2.75) is 70.6 Å². The van der Waals surface area contributed by atoms with E-state index in [9.17, 15) is 18.7 Å². The third-order valence-corrected chi connectivity index (χ3v) is 7.03. The van der Waals surface area contributed by atoms with Crippen LogP contribution in [0.3, 0.4) is 0 Å². The Kier molecular flexibility index (Phi) is 7.23. The van der Waals surface area contributed by atoms with Gasteiger partial charge in [-0.05, 0) is 58.1 Å². The maximum Gasteiger partial charge on any atom is 0.387 e. The van der Waals surface area contributed by atoms with Crippen molar-refractivity contribution in [3.8, 4) is 5.75 Å². The molecule has 7 nitrogen and oxygen atoms in total. The lowest BCUT2D eigenvalue weighted by molar-refractivity contribution is -0.0512. The first-order valence-corrected chi connectivity index (χ1v) is 12.0. The average Bonchev–Trinajstić information content (AvgIpc) is 3.09. The van der Waals surface area contributed by atoms with Crippen molar-refractivity contribution in [3.63, 3.8) is 0 Å². The Labute approximate surface area is 199 Å². The van der Waals surface area contributed by atoms with E-state index in [1.165, 1.54) is 6.07 Å². The molecule has 0 spiro atoms. The lowest BCUT2D eigenvalue weighted by Gasteiger charge is -2.38. The summed E-state index contributed by atoms with van der Waals surface area (Å²) in [7, 11) is 1.78. The first-order chi connectivity index (χ1) is 16.1. The summed E-state index contributed by atoms with van der Waals surface area (Å²) in [4.78, 5) is 15.1. The summed E-state index contributed by atoms with van der Waals surface area (Å²) in [6, 6.07) is 4.88. The molecule has 0 bridgehead atoms. The second-order valence-corrected chi connectivity index (χ2v) is 10.1. The molecule has 1 aromatic heterocycles. The van der Waals surface area contributed by atoms with E-state index in [4.69, 9.17) is 4.74 Å². The predicted octanol–water partition coefficient (Wildman–Crippen LogP) is 4.52. The molecular formula is C25H34F2N4O3. The largest absolute Gasteiger partial charge is 0.434 e. The van der Waals surface area contributed by atoms with Crippen molar-refractivity contribution in [2.75, 3.05) is 18.4 Å². The highest BCUT2D eigenvalue weighted by molar-refractivity contribution is 6.05. The standard InChI is InChI=1S/C25H34F2N4O3/c1-25(2,33)18-8-5-11-31(14-18)13-17-9-10-19(12-21(17)34-24(26)27)28-23(32)20-15-30(3)29-22(20)16-6-4-7-16/h9-10,12,15-16,18,24,33H,4-8,11,13-14H2,1-3H3,(H,28,32)/t18-/m0/s1. The fourth-order valence-corrected chi connectivity index (χ4v) is 4.85. The fourth-order valence-electron chi connectivity index (χ4n) is 4.85. The van der Waals surface area contributed by atoms with Crippen LogP contribution in [-0.4, -0.2) is 51.0 Å². The van der Waals surface area contributed by atoms with Gasteiger partial charge < -0.3 is 15.2 Å². The maximum atomic E-state index is 13.2. The molecule has 2 aromatic rings.